The van der Waals surface area contributed by atoms with Gasteiger partial charge in [-0.25, -0.2) is 4.68 Å². The van der Waals surface area contributed by atoms with Crippen LogP contribution < -0.4 is 4.74 Å². The van der Waals surface area contributed by atoms with E-state index in [0.29, 0.717) is 16.4 Å². The molecule has 0 amide bonds. The molecule has 1 unspecified atom stereocenters. The summed E-state index contributed by atoms with van der Waals surface area (Å²) in [6.07, 6.45) is 5.07. The lowest BCUT2D eigenvalue weighted by Crippen LogP contribution is -2.07. The van der Waals surface area contributed by atoms with Crippen molar-refractivity contribution in [1.82, 2.24) is 9.78 Å². The molecule has 0 fully saturated rings. The van der Waals surface area contributed by atoms with Crippen LogP contribution in [0.3, 0.4) is 0 Å². The Balaban J connectivity index is 2.51. The smallest absolute Gasteiger partial charge is 0.388 e. The fourth-order valence-corrected chi connectivity index (χ4v) is 3.85. The van der Waals surface area contributed by atoms with E-state index in [-0.39, 0.29) is 10.9 Å². The third-order valence-electron chi connectivity index (χ3n) is 4.50. The fourth-order valence-electron chi connectivity index (χ4n) is 2.56. The highest BCUT2D eigenvalue weighted by Gasteiger charge is 2.23. The molecule has 1 aromatic heterocycles. The molecule has 0 spiro atoms. The van der Waals surface area contributed by atoms with Crippen LogP contribution in [-0.2, 0) is 13.5 Å². The number of hydrogen-bond acceptors (Lipinski definition) is 2. The van der Waals surface area contributed by atoms with E-state index in [1.54, 1.807) is 0 Å². The molecule has 0 aliphatic heterocycles. The van der Waals surface area contributed by atoms with Crippen molar-refractivity contribution in [2.45, 2.75) is 32.5 Å². The standard InChI is InChI=1S/C18H23Cl2F2N2OP/c1-10-7-14(19)12(8-11(2)26(4,5)6)9-13(10)16-15(20)17(24(3)23-16)25-18(21)22/h7,9,11,18H,4,8H2,1-3,5-6H3. The first-order valence-electron chi connectivity index (χ1n) is 8.06. The van der Waals surface area contributed by atoms with Crippen LogP contribution in [0.1, 0.15) is 18.1 Å². The second kappa shape index (κ2) is 7.92. The maximum atomic E-state index is 12.6. The van der Waals surface area contributed by atoms with Crippen LogP contribution in [0.2, 0.25) is 10.0 Å². The Labute approximate surface area is 163 Å². The third-order valence-corrected chi connectivity index (χ3v) is 7.76. The van der Waals surface area contributed by atoms with Gasteiger partial charge in [0.2, 0.25) is 5.88 Å². The Morgan fingerprint density at radius 3 is 2.46 bits per heavy atom. The SMILES string of the molecule is C=P(C)(C)C(C)Cc1cc(-c2nn(C)c(OC(F)F)c2Cl)c(C)cc1Cl. The molecule has 0 aliphatic rings. The van der Waals surface area contributed by atoms with Crippen molar-refractivity contribution in [3.63, 3.8) is 0 Å². The van der Waals surface area contributed by atoms with Crippen LogP contribution in [0, 0.1) is 6.92 Å². The molecule has 1 aromatic carbocycles. The maximum absolute atomic E-state index is 12.6. The lowest BCUT2D eigenvalue weighted by atomic mass is 10.00. The fraction of sp³-hybridized carbons (Fsp3) is 0.444. The molecule has 0 bridgehead atoms. The first-order valence-corrected chi connectivity index (χ1v) is 11.8. The Hall–Kier alpha value is -1.03. The van der Waals surface area contributed by atoms with Gasteiger partial charge >= 0.3 is 6.61 Å². The van der Waals surface area contributed by atoms with Gasteiger partial charge in [-0.1, -0.05) is 30.1 Å². The number of rotatable bonds is 6. The lowest BCUT2D eigenvalue weighted by molar-refractivity contribution is -0.0552. The molecule has 0 saturated carbocycles. The number of benzene rings is 1. The molecule has 26 heavy (non-hydrogen) atoms. The Bertz CT molecular complexity index is 861. The van der Waals surface area contributed by atoms with Crippen molar-refractivity contribution in [3.8, 4) is 17.1 Å². The molecule has 8 heteroatoms. The average Bonchev–Trinajstić information content (AvgIpc) is 2.76. The first-order chi connectivity index (χ1) is 11.9. The number of hydrogen-bond donors (Lipinski definition) is 0. The van der Waals surface area contributed by atoms with Crippen LogP contribution in [0.4, 0.5) is 8.78 Å². The Kier molecular flexibility index (Phi) is 6.48. The number of alkyl halides is 2. The summed E-state index contributed by atoms with van der Waals surface area (Å²) < 4.78 is 30.9. The maximum Gasteiger partial charge on any atom is 0.388 e. The van der Waals surface area contributed by atoms with E-state index in [1.807, 2.05) is 19.1 Å². The third kappa shape index (κ3) is 4.62. The highest BCUT2D eigenvalue weighted by molar-refractivity contribution is 7.72. The second-order valence-electron chi connectivity index (χ2n) is 7.06. The summed E-state index contributed by atoms with van der Waals surface area (Å²) in [7, 11) is 1.51. The first kappa shape index (κ1) is 21.3. The zero-order valence-electron chi connectivity index (χ0n) is 15.5. The average molecular weight is 423 g/mol. The Morgan fingerprint density at radius 1 is 1.31 bits per heavy atom. The number of nitrogens with zero attached hydrogens (tertiary/aromatic N) is 2. The van der Waals surface area contributed by atoms with Gasteiger partial charge in [0.1, 0.15) is 10.7 Å². The van der Waals surface area contributed by atoms with Crippen LogP contribution in [0.15, 0.2) is 12.1 Å². The highest BCUT2D eigenvalue weighted by atomic mass is 35.5. The minimum Gasteiger partial charge on any atom is -0.416 e. The summed E-state index contributed by atoms with van der Waals surface area (Å²) in [6.45, 7) is 4.17. The highest BCUT2D eigenvalue weighted by Crippen LogP contribution is 2.44. The number of halogens is 4. The normalized spacial score (nSPS) is 13.3. The van der Waals surface area contributed by atoms with Gasteiger partial charge in [0.05, 0.1) is 0 Å². The molecular formula is C18H23Cl2F2N2OP. The van der Waals surface area contributed by atoms with Gasteiger partial charge in [0.25, 0.3) is 0 Å². The predicted molar refractivity (Wildman–Crippen MR) is 109 cm³/mol. The van der Waals surface area contributed by atoms with Crippen molar-refractivity contribution in [2.24, 2.45) is 7.05 Å². The second-order valence-corrected chi connectivity index (χ2v) is 12.3. The molecule has 2 aromatic rings. The van der Waals surface area contributed by atoms with E-state index in [1.165, 1.54) is 11.7 Å². The monoisotopic (exact) mass is 422 g/mol. The molecule has 1 heterocycles. The summed E-state index contributed by atoms with van der Waals surface area (Å²) >= 11 is 12.7. The quantitative estimate of drug-likeness (QED) is 0.538. The van der Waals surface area contributed by atoms with Gasteiger partial charge in [-0.2, -0.15) is 13.9 Å². The zero-order valence-corrected chi connectivity index (χ0v) is 17.9. The molecule has 2 rings (SSSR count). The summed E-state index contributed by atoms with van der Waals surface area (Å²) in [5.41, 5.74) is 3.37. The molecule has 0 aliphatic carbocycles. The van der Waals surface area contributed by atoms with E-state index < -0.39 is 13.5 Å². The van der Waals surface area contributed by atoms with E-state index in [9.17, 15) is 8.78 Å². The van der Waals surface area contributed by atoms with Crippen molar-refractivity contribution in [3.05, 3.63) is 33.3 Å². The summed E-state index contributed by atoms with van der Waals surface area (Å²) in [4.78, 5) is 0. The molecular weight excluding hydrogens is 400 g/mol. The minimum absolute atomic E-state index is 0.0576. The van der Waals surface area contributed by atoms with E-state index >= 15 is 0 Å². The predicted octanol–water partition coefficient (Wildman–Crippen LogP) is 5.94. The van der Waals surface area contributed by atoms with Crippen LogP contribution >= 0.6 is 30.1 Å². The molecule has 1 atom stereocenters. The molecule has 144 valence electrons. The molecule has 3 nitrogen and oxygen atoms in total. The van der Waals surface area contributed by atoms with Crippen LogP contribution in [-0.4, -0.2) is 41.7 Å². The topological polar surface area (TPSA) is 27.1 Å². The summed E-state index contributed by atoms with van der Waals surface area (Å²) in [6, 6.07) is 3.79. The van der Waals surface area contributed by atoms with Gasteiger partial charge < -0.3 is 4.74 Å². The minimum atomic E-state index is -2.97. The van der Waals surface area contributed by atoms with Gasteiger partial charge in [-0.3, -0.25) is 0 Å². The lowest BCUT2D eigenvalue weighted by Gasteiger charge is -2.23. The number of ether oxygens (including phenoxy) is 1. The van der Waals surface area contributed by atoms with Gasteiger partial charge in [-0.05, 0) is 55.6 Å². The van der Waals surface area contributed by atoms with Crippen LogP contribution in [0.25, 0.3) is 11.3 Å². The largest absolute Gasteiger partial charge is 0.416 e. The van der Waals surface area contributed by atoms with Crippen molar-refractivity contribution >= 4 is 36.4 Å². The Morgan fingerprint density at radius 2 is 1.92 bits per heavy atom. The van der Waals surface area contributed by atoms with Crippen molar-refractivity contribution in [1.29, 1.82) is 0 Å². The van der Waals surface area contributed by atoms with Gasteiger partial charge in [0.15, 0.2) is 0 Å². The molecule has 0 N–H and O–H groups in total. The van der Waals surface area contributed by atoms with E-state index in [4.69, 9.17) is 23.2 Å². The number of aryl methyl sites for hydroxylation is 2. The number of aromatic nitrogens is 2. The van der Waals surface area contributed by atoms with Crippen molar-refractivity contribution in [2.75, 3.05) is 13.3 Å². The molecule has 0 radical (unpaired) electrons. The van der Waals surface area contributed by atoms with Crippen molar-refractivity contribution < 1.29 is 13.5 Å². The summed E-state index contributed by atoms with van der Waals surface area (Å²) in [5, 5.41) is 5.00. The molecule has 0 saturated heterocycles. The summed E-state index contributed by atoms with van der Waals surface area (Å²) in [5.74, 6) is -0.161. The van der Waals surface area contributed by atoms with E-state index in [0.717, 1.165) is 23.1 Å². The zero-order chi connectivity index (χ0) is 19.8. The van der Waals surface area contributed by atoms with Crippen LogP contribution in [0.5, 0.6) is 5.88 Å². The van der Waals surface area contributed by atoms with Gasteiger partial charge in [-0.15, -0.1) is 13.2 Å². The van der Waals surface area contributed by atoms with Gasteiger partial charge in [0, 0.05) is 17.6 Å². The van der Waals surface area contributed by atoms with E-state index in [2.05, 4.69) is 36.4 Å².